The zero-order valence-corrected chi connectivity index (χ0v) is 10.3. The van der Waals surface area contributed by atoms with Gasteiger partial charge in [-0.05, 0) is 36.4 Å². The van der Waals surface area contributed by atoms with Crippen molar-refractivity contribution in [3.63, 3.8) is 0 Å². The quantitative estimate of drug-likeness (QED) is 0.858. The van der Waals surface area contributed by atoms with E-state index < -0.39 is 29.1 Å². The van der Waals surface area contributed by atoms with E-state index in [1.54, 1.807) is 0 Å². The van der Waals surface area contributed by atoms with Crippen LogP contribution in [0, 0.1) is 5.82 Å². The van der Waals surface area contributed by atoms with E-state index >= 15 is 0 Å². The first-order valence-electron chi connectivity index (χ1n) is 5.65. The maximum absolute atomic E-state index is 13.0. The molecule has 0 saturated heterocycles. The lowest BCUT2D eigenvalue weighted by atomic mass is 10.2. The van der Waals surface area contributed by atoms with Crippen molar-refractivity contribution >= 4 is 5.97 Å². The van der Waals surface area contributed by atoms with Gasteiger partial charge in [0.1, 0.15) is 22.9 Å². The van der Waals surface area contributed by atoms with Crippen molar-refractivity contribution in [1.82, 2.24) is 0 Å². The summed E-state index contributed by atoms with van der Waals surface area (Å²) >= 11 is 0. The van der Waals surface area contributed by atoms with Gasteiger partial charge in [0.2, 0.25) is 0 Å². The predicted molar refractivity (Wildman–Crippen MR) is 64.9 cm³/mol. The highest BCUT2D eigenvalue weighted by atomic mass is 19.4. The molecule has 2 aromatic carbocycles. The molecule has 0 aliphatic carbocycles. The molecular formula is C14H8F4O3. The van der Waals surface area contributed by atoms with Gasteiger partial charge in [-0.15, -0.1) is 0 Å². The number of alkyl halides is 3. The van der Waals surface area contributed by atoms with Crippen LogP contribution in [0.1, 0.15) is 15.9 Å². The molecule has 0 aliphatic rings. The lowest BCUT2D eigenvalue weighted by Gasteiger charge is -2.11. The van der Waals surface area contributed by atoms with Crippen LogP contribution in [-0.4, -0.2) is 11.1 Å². The highest BCUT2D eigenvalue weighted by molar-refractivity contribution is 5.91. The molecule has 0 spiro atoms. The molecule has 3 nitrogen and oxygen atoms in total. The Labute approximate surface area is 116 Å². The van der Waals surface area contributed by atoms with Gasteiger partial charge in [-0.1, -0.05) is 6.07 Å². The van der Waals surface area contributed by atoms with Crippen LogP contribution in [0.5, 0.6) is 11.5 Å². The van der Waals surface area contributed by atoms with Crippen LogP contribution in [0.4, 0.5) is 17.6 Å². The fourth-order valence-corrected chi connectivity index (χ4v) is 1.62. The number of hydrogen-bond acceptors (Lipinski definition) is 2. The van der Waals surface area contributed by atoms with Gasteiger partial charge in [0.25, 0.3) is 0 Å². The number of benzene rings is 2. The van der Waals surface area contributed by atoms with Crippen LogP contribution >= 0.6 is 0 Å². The van der Waals surface area contributed by atoms with E-state index in [0.717, 1.165) is 36.4 Å². The number of ether oxygens (including phenoxy) is 1. The van der Waals surface area contributed by atoms with E-state index in [-0.39, 0.29) is 11.5 Å². The standard InChI is InChI=1S/C14H8F4O3/c15-9-4-5-12(11(7-9)13(19)20)21-10-3-1-2-8(6-10)14(16,17)18/h1-7H,(H,19,20). The minimum absolute atomic E-state index is 0.195. The second kappa shape index (κ2) is 5.43. The molecule has 21 heavy (non-hydrogen) atoms. The van der Waals surface area contributed by atoms with Crippen molar-refractivity contribution < 1.29 is 32.2 Å². The number of carbonyl (C=O) groups is 1. The molecular weight excluding hydrogens is 292 g/mol. The molecule has 1 N–H and O–H groups in total. The van der Waals surface area contributed by atoms with Crippen molar-refractivity contribution in [2.45, 2.75) is 6.18 Å². The second-order valence-electron chi connectivity index (χ2n) is 4.07. The van der Waals surface area contributed by atoms with Crippen LogP contribution in [0.2, 0.25) is 0 Å². The molecule has 0 atom stereocenters. The van der Waals surface area contributed by atoms with Crippen LogP contribution in [-0.2, 0) is 6.18 Å². The van der Waals surface area contributed by atoms with Gasteiger partial charge in [-0.3, -0.25) is 0 Å². The van der Waals surface area contributed by atoms with Gasteiger partial charge in [0.05, 0.1) is 5.56 Å². The minimum atomic E-state index is -4.54. The van der Waals surface area contributed by atoms with Gasteiger partial charge in [-0.2, -0.15) is 13.2 Å². The number of hydrogen-bond donors (Lipinski definition) is 1. The van der Waals surface area contributed by atoms with E-state index in [4.69, 9.17) is 9.84 Å². The van der Waals surface area contributed by atoms with Gasteiger partial charge in [0, 0.05) is 0 Å². The maximum Gasteiger partial charge on any atom is 0.416 e. The van der Waals surface area contributed by atoms with Gasteiger partial charge in [0.15, 0.2) is 0 Å². The average molecular weight is 300 g/mol. The summed E-state index contributed by atoms with van der Waals surface area (Å²) < 4.78 is 55.8. The third kappa shape index (κ3) is 3.50. The Hall–Kier alpha value is -2.57. The molecule has 0 unspecified atom stereocenters. The lowest BCUT2D eigenvalue weighted by Crippen LogP contribution is -2.05. The number of rotatable bonds is 3. The summed E-state index contributed by atoms with van der Waals surface area (Å²) in [6.45, 7) is 0. The van der Waals surface area contributed by atoms with Crippen LogP contribution in [0.25, 0.3) is 0 Å². The minimum Gasteiger partial charge on any atom is -0.478 e. The zero-order valence-electron chi connectivity index (χ0n) is 10.3. The summed E-state index contributed by atoms with van der Waals surface area (Å²) in [5.74, 6) is -2.68. The lowest BCUT2D eigenvalue weighted by molar-refractivity contribution is -0.137. The molecule has 0 radical (unpaired) electrons. The zero-order chi connectivity index (χ0) is 15.6. The summed E-state index contributed by atoms with van der Waals surface area (Å²) in [6, 6.07) is 6.68. The Morgan fingerprint density at radius 1 is 1.10 bits per heavy atom. The van der Waals surface area contributed by atoms with Crippen molar-refractivity contribution in [3.8, 4) is 11.5 Å². The monoisotopic (exact) mass is 300 g/mol. The molecule has 7 heteroatoms. The third-order valence-corrected chi connectivity index (χ3v) is 2.56. The molecule has 110 valence electrons. The Kier molecular flexibility index (Phi) is 3.84. The van der Waals surface area contributed by atoms with Gasteiger partial charge < -0.3 is 9.84 Å². The van der Waals surface area contributed by atoms with E-state index in [9.17, 15) is 22.4 Å². The van der Waals surface area contributed by atoms with Gasteiger partial charge >= 0.3 is 12.1 Å². The summed E-state index contributed by atoms with van der Waals surface area (Å²) in [6.07, 6.45) is -4.54. The van der Waals surface area contributed by atoms with E-state index in [0.29, 0.717) is 0 Å². The molecule has 0 amide bonds. The summed E-state index contributed by atoms with van der Waals surface area (Å²) in [4.78, 5) is 11.0. The Bertz CT molecular complexity index is 680. The topological polar surface area (TPSA) is 46.5 Å². The molecule has 0 saturated carbocycles. The van der Waals surface area contributed by atoms with Gasteiger partial charge in [-0.25, -0.2) is 9.18 Å². The van der Waals surface area contributed by atoms with Crippen LogP contribution in [0.15, 0.2) is 42.5 Å². The summed E-state index contributed by atoms with van der Waals surface area (Å²) in [5.41, 5.74) is -1.41. The van der Waals surface area contributed by atoms with Crippen molar-refractivity contribution in [2.24, 2.45) is 0 Å². The number of carboxylic acid groups (broad SMARTS) is 1. The van der Waals surface area contributed by atoms with Crippen molar-refractivity contribution in [1.29, 1.82) is 0 Å². The smallest absolute Gasteiger partial charge is 0.416 e. The first-order valence-corrected chi connectivity index (χ1v) is 5.65. The van der Waals surface area contributed by atoms with Crippen molar-refractivity contribution in [2.75, 3.05) is 0 Å². The van der Waals surface area contributed by atoms with Crippen LogP contribution < -0.4 is 4.74 Å². The average Bonchev–Trinajstić information content (AvgIpc) is 2.40. The van der Waals surface area contributed by atoms with E-state index in [1.807, 2.05) is 0 Å². The molecule has 2 aromatic rings. The van der Waals surface area contributed by atoms with Crippen LogP contribution in [0.3, 0.4) is 0 Å². The number of halogens is 4. The maximum atomic E-state index is 13.0. The predicted octanol–water partition coefficient (Wildman–Crippen LogP) is 4.34. The Morgan fingerprint density at radius 2 is 1.81 bits per heavy atom. The molecule has 0 aromatic heterocycles. The molecule has 0 heterocycles. The Morgan fingerprint density at radius 3 is 2.43 bits per heavy atom. The highest BCUT2D eigenvalue weighted by Crippen LogP contribution is 2.33. The number of aromatic carboxylic acids is 1. The first-order chi connectivity index (χ1) is 9.77. The largest absolute Gasteiger partial charge is 0.478 e. The summed E-state index contributed by atoms with van der Waals surface area (Å²) in [5, 5.41) is 8.93. The number of carboxylic acids is 1. The second-order valence-corrected chi connectivity index (χ2v) is 4.07. The van der Waals surface area contributed by atoms with E-state index in [1.165, 1.54) is 6.07 Å². The normalized spacial score (nSPS) is 11.2. The summed E-state index contributed by atoms with van der Waals surface area (Å²) in [7, 11) is 0. The SMILES string of the molecule is O=C(O)c1cc(F)ccc1Oc1cccc(C(F)(F)F)c1. The highest BCUT2D eigenvalue weighted by Gasteiger charge is 2.30. The van der Waals surface area contributed by atoms with Crippen molar-refractivity contribution in [3.05, 3.63) is 59.4 Å². The molecule has 0 fully saturated rings. The Balaban J connectivity index is 2.37. The molecule has 0 aliphatic heterocycles. The molecule has 0 bridgehead atoms. The first kappa shape index (κ1) is 14.8. The fourth-order valence-electron chi connectivity index (χ4n) is 1.62. The molecule has 2 rings (SSSR count). The van der Waals surface area contributed by atoms with E-state index in [2.05, 4.69) is 0 Å². The third-order valence-electron chi connectivity index (χ3n) is 2.56. The fraction of sp³-hybridized carbons (Fsp3) is 0.0714.